The van der Waals surface area contributed by atoms with Crippen LogP contribution in [0.4, 0.5) is 11.4 Å². The van der Waals surface area contributed by atoms with Crippen molar-refractivity contribution in [3.05, 3.63) is 120 Å². The summed E-state index contributed by atoms with van der Waals surface area (Å²) >= 11 is 0. The SMILES string of the molecule is COc1ccc(NC2(c3ccccc3)c3ccccc3C(=O)N2c2ccc(OC)cc2)cc1. The van der Waals surface area contributed by atoms with Gasteiger partial charge in [-0.15, -0.1) is 0 Å². The minimum Gasteiger partial charge on any atom is -0.497 e. The smallest absolute Gasteiger partial charge is 0.261 e. The second kappa shape index (κ2) is 8.36. The van der Waals surface area contributed by atoms with Crippen molar-refractivity contribution in [2.45, 2.75) is 5.66 Å². The Hall–Kier alpha value is -4.25. The number of nitrogens with zero attached hydrogens (tertiary/aromatic N) is 1. The van der Waals surface area contributed by atoms with Crippen LogP contribution in [0, 0.1) is 0 Å². The molecule has 164 valence electrons. The number of hydrogen-bond acceptors (Lipinski definition) is 4. The molecule has 1 amide bonds. The molecule has 0 saturated heterocycles. The fourth-order valence-corrected chi connectivity index (χ4v) is 4.46. The van der Waals surface area contributed by atoms with Gasteiger partial charge in [0.1, 0.15) is 11.5 Å². The van der Waals surface area contributed by atoms with Gasteiger partial charge in [0.05, 0.1) is 14.2 Å². The molecule has 4 aromatic carbocycles. The lowest BCUT2D eigenvalue weighted by atomic mass is 9.89. The lowest BCUT2D eigenvalue weighted by molar-refractivity contribution is 0.0985. The predicted molar refractivity (Wildman–Crippen MR) is 130 cm³/mol. The molecule has 0 radical (unpaired) electrons. The third-order valence-corrected chi connectivity index (χ3v) is 6.02. The van der Waals surface area contributed by atoms with E-state index in [0.717, 1.165) is 34.0 Å². The van der Waals surface area contributed by atoms with Crippen LogP contribution in [-0.2, 0) is 5.66 Å². The van der Waals surface area contributed by atoms with E-state index >= 15 is 0 Å². The quantitative estimate of drug-likeness (QED) is 0.423. The van der Waals surface area contributed by atoms with Gasteiger partial charge in [-0.1, -0.05) is 48.5 Å². The van der Waals surface area contributed by atoms with E-state index in [1.807, 2.05) is 108 Å². The van der Waals surface area contributed by atoms with Crippen LogP contribution in [-0.4, -0.2) is 20.1 Å². The standard InChI is InChI=1S/C28H24N2O3/c1-32-23-16-12-21(13-17-23)29-28(20-8-4-3-5-9-20)26-11-7-6-10-25(26)27(31)30(28)22-14-18-24(33-2)19-15-22/h3-19,29H,1-2H3. The Labute approximate surface area is 193 Å². The summed E-state index contributed by atoms with van der Waals surface area (Å²) in [6.45, 7) is 0. The van der Waals surface area contributed by atoms with E-state index in [-0.39, 0.29) is 5.91 Å². The molecule has 33 heavy (non-hydrogen) atoms. The maximum absolute atomic E-state index is 13.9. The second-order valence-corrected chi connectivity index (χ2v) is 7.81. The highest BCUT2D eigenvalue weighted by atomic mass is 16.5. The number of rotatable bonds is 6. The van der Waals surface area contributed by atoms with Gasteiger partial charge in [-0.3, -0.25) is 9.69 Å². The molecule has 0 aliphatic carbocycles. The van der Waals surface area contributed by atoms with Crippen molar-refractivity contribution < 1.29 is 14.3 Å². The van der Waals surface area contributed by atoms with E-state index in [4.69, 9.17) is 9.47 Å². The highest BCUT2D eigenvalue weighted by molar-refractivity contribution is 6.13. The zero-order valence-corrected chi connectivity index (χ0v) is 18.5. The van der Waals surface area contributed by atoms with Gasteiger partial charge in [-0.2, -0.15) is 0 Å². The maximum Gasteiger partial charge on any atom is 0.261 e. The molecular weight excluding hydrogens is 412 g/mol. The van der Waals surface area contributed by atoms with Gasteiger partial charge in [0.2, 0.25) is 0 Å². The molecule has 1 unspecified atom stereocenters. The molecule has 1 aliphatic heterocycles. The Bertz CT molecular complexity index is 1270. The lowest BCUT2D eigenvalue weighted by Gasteiger charge is -2.41. The summed E-state index contributed by atoms with van der Waals surface area (Å²) < 4.78 is 10.7. The molecule has 0 aromatic heterocycles. The highest BCUT2D eigenvalue weighted by Gasteiger charge is 2.51. The van der Waals surface area contributed by atoms with Crippen LogP contribution in [0.1, 0.15) is 21.5 Å². The summed E-state index contributed by atoms with van der Waals surface area (Å²) in [5.74, 6) is 1.43. The normalized spacial score (nSPS) is 16.9. The number of hydrogen-bond donors (Lipinski definition) is 1. The molecule has 0 fully saturated rings. The van der Waals surface area contributed by atoms with Gasteiger partial charge in [-0.05, 0) is 54.6 Å². The molecule has 5 nitrogen and oxygen atoms in total. The van der Waals surface area contributed by atoms with Crippen LogP contribution in [0.15, 0.2) is 103 Å². The zero-order chi connectivity index (χ0) is 22.8. The number of amides is 1. The highest BCUT2D eigenvalue weighted by Crippen LogP contribution is 2.47. The van der Waals surface area contributed by atoms with Gasteiger partial charge >= 0.3 is 0 Å². The lowest BCUT2D eigenvalue weighted by Crippen LogP contribution is -2.51. The first kappa shape index (κ1) is 20.6. The van der Waals surface area contributed by atoms with Crippen molar-refractivity contribution in [1.29, 1.82) is 0 Å². The van der Waals surface area contributed by atoms with E-state index in [2.05, 4.69) is 5.32 Å². The average Bonchev–Trinajstić information content (AvgIpc) is 3.14. The first-order chi connectivity index (χ1) is 16.2. The second-order valence-electron chi connectivity index (χ2n) is 7.81. The first-order valence-corrected chi connectivity index (χ1v) is 10.7. The Morgan fingerprint density at radius 1 is 0.697 bits per heavy atom. The molecule has 0 bridgehead atoms. The summed E-state index contributed by atoms with van der Waals surface area (Å²) in [5.41, 5.74) is 3.20. The Balaban J connectivity index is 1.76. The van der Waals surface area contributed by atoms with E-state index in [9.17, 15) is 4.79 Å². The number of methoxy groups -OCH3 is 2. The number of fused-ring (bicyclic) bond motifs is 1. The number of nitrogens with one attached hydrogen (secondary N) is 1. The number of anilines is 2. The Kier molecular flexibility index (Phi) is 5.23. The number of benzene rings is 4. The van der Waals surface area contributed by atoms with Gasteiger partial charge in [0.15, 0.2) is 5.66 Å². The summed E-state index contributed by atoms with van der Waals surface area (Å²) in [4.78, 5) is 15.7. The molecule has 1 aliphatic rings. The van der Waals surface area contributed by atoms with Crippen molar-refractivity contribution in [2.24, 2.45) is 0 Å². The van der Waals surface area contributed by atoms with Crippen LogP contribution in [0.3, 0.4) is 0 Å². The zero-order valence-electron chi connectivity index (χ0n) is 18.5. The van der Waals surface area contributed by atoms with Crippen molar-refractivity contribution in [3.8, 4) is 11.5 Å². The van der Waals surface area contributed by atoms with Crippen molar-refractivity contribution in [2.75, 3.05) is 24.4 Å². The first-order valence-electron chi connectivity index (χ1n) is 10.7. The van der Waals surface area contributed by atoms with Crippen LogP contribution in [0.25, 0.3) is 0 Å². The van der Waals surface area contributed by atoms with Crippen molar-refractivity contribution >= 4 is 17.3 Å². The predicted octanol–water partition coefficient (Wildman–Crippen LogP) is 5.68. The van der Waals surface area contributed by atoms with Gasteiger partial charge in [0.25, 0.3) is 5.91 Å². The number of ether oxygens (including phenoxy) is 2. The van der Waals surface area contributed by atoms with Gasteiger partial charge in [-0.25, -0.2) is 0 Å². The van der Waals surface area contributed by atoms with Gasteiger partial charge < -0.3 is 14.8 Å². The third-order valence-electron chi connectivity index (χ3n) is 6.02. The molecule has 0 spiro atoms. The summed E-state index contributed by atoms with van der Waals surface area (Å²) in [5, 5.41) is 3.70. The van der Waals surface area contributed by atoms with Crippen molar-refractivity contribution in [1.82, 2.24) is 0 Å². The Morgan fingerprint density at radius 2 is 1.27 bits per heavy atom. The molecule has 1 atom stereocenters. The number of carbonyl (C=O) groups excluding carboxylic acids is 1. The fourth-order valence-electron chi connectivity index (χ4n) is 4.46. The summed E-state index contributed by atoms with van der Waals surface area (Å²) in [6, 6.07) is 33.1. The van der Waals surface area contributed by atoms with E-state index < -0.39 is 5.66 Å². The summed E-state index contributed by atoms with van der Waals surface area (Å²) in [6.07, 6.45) is 0. The van der Waals surface area contributed by atoms with Crippen LogP contribution < -0.4 is 19.7 Å². The van der Waals surface area contributed by atoms with E-state index in [1.165, 1.54) is 0 Å². The molecule has 1 N–H and O–H groups in total. The molecule has 0 saturated carbocycles. The topological polar surface area (TPSA) is 50.8 Å². The monoisotopic (exact) mass is 436 g/mol. The third kappa shape index (κ3) is 3.38. The molecule has 5 rings (SSSR count). The summed E-state index contributed by atoms with van der Waals surface area (Å²) in [7, 11) is 3.27. The fraction of sp³-hybridized carbons (Fsp3) is 0.107. The minimum absolute atomic E-state index is 0.0689. The Morgan fingerprint density at radius 3 is 1.91 bits per heavy atom. The van der Waals surface area contributed by atoms with Gasteiger partial charge in [0, 0.05) is 28.1 Å². The van der Waals surface area contributed by atoms with Crippen molar-refractivity contribution in [3.63, 3.8) is 0 Å². The van der Waals surface area contributed by atoms with E-state index in [0.29, 0.717) is 5.56 Å². The maximum atomic E-state index is 13.9. The van der Waals surface area contributed by atoms with Crippen LogP contribution in [0.2, 0.25) is 0 Å². The van der Waals surface area contributed by atoms with E-state index in [1.54, 1.807) is 14.2 Å². The molecule has 4 aromatic rings. The number of carbonyl (C=O) groups is 1. The molecule has 1 heterocycles. The largest absolute Gasteiger partial charge is 0.497 e. The minimum atomic E-state index is -0.946. The van der Waals surface area contributed by atoms with Crippen LogP contribution >= 0.6 is 0 Å². The average molecular weight is 437 g/mol. The van der Waals surface area contributed by atoms with Crippen LogP contribution in [0.5, 0.6) is 11.5 Å². The molecule has 5 heteroatoms. The molecular formula is C28H24N2O3.